The Morgan fingerprint density at radius 3 is 2.47 bits per heavy atom. The largest absolute Gasteiger partial charge is 0.426 e. The molecular weight excluding hydrogens is 218 g/mol. The second-order valence-corrected chi connectivity index (χ2v) is 4.14. The Labute approximate surface area is 87.4 Å². The Balaban J connectivity index is 2.62. The highest BCUT2D eigenvalue weighted by Crippen LogP contribution is 2.08. The Hall–Kier alpha value is -1.82. The molecule has 0 radical (unpaired) electrons. The minimum Gasteiger partial charge on any atom is -0.410 e. The van der Waals surface area contributed by atoms with Gasteiger partial charge in [0.2, 0.25) is 0 Å². The average Bonchev–Trinajstić information content (AvgIpc) is 2.18. The van der Waals surface area contributed by atoms with E-state index in [1.165, 1.54) is 12.1 Å². The lowest BCUT2D eigenvalue weighted by molar-refractivity contribution is 0.207. The number of para-hydroxylation sites is 1. The predicted octanol–water partition coefficient (Wildman–Crippen LogP) is 1.25. The van der Waals surface area contributed by atoms with Gasteiger partial charge < -0.3 is 4.74 Å². The molecule has 5 nitrogen and oxygen atoms in total. The lowest BCUT2D eigenvalue weighted by Gasteiger charge is -2.04. The highest BCUT2D eigenvalue weighted by molar-refractivity contribution is 7.92. The summed E-state index contributed by atoms with van der Waals surface area (Å²) < 4.78 is 28.1. The van der Waals surface area contributed by atoms with E-state index in [1.54, 1.807) is 22.9 Å². The van der Waals surface area contributed by atoms with Crippen LogP contribution in [0, 0.1) is 0 Å². The van der Waals surface area contributed by atoms with Crippen molar-refractivity contribution >= 4 is 16.1 Å². The van der Waals surface area contributed by atoms with Crippen molar-refractivity contribution in [3.05, 3.63) is 42.3 Å². The second-order valence-electron chi connectivity index (χ2n) is 2.52. The SMILES string of the molecule is C=CS(=O)(=O)NC(=O)Oc1ccccc1. The van der Waals surface area contributed by atoms with E-state index in [2.05, 4.69) is 11.3 Å². The van der Waals surface area contributed by atoms with E-state index in [9.17, 15) is 13.2 Å². The molecule has 1 aromatic carbocycles. The summed E-state index contributed by atoms with van der Waals surface area (Å²) in [5.41, 5.74) is 0. The summed E-state index contributed by atoms with van der Waals surface area (Å²) in [6, 6.07) is 8.11. The fourth-order valence-electron chi connectivity index (χ4n) is 0.774. The number of benzene rings is 1. The van der Waals surface area contributed by atoms with Gasteiger partial charge in [0.15, 0.2) is 0 Å². The number of nitrogens with one attached hydrogen (secondary N) is 1. The molecule has 0 aromatic heterocycles. The van der Waals surface area contributed by atoms with Gasteiger partial charge in [-0.1, -0.05) is 24.8 Å². The molecule has 0 heterocycles. The molecule has 0 saturated heterocycles. The number of ether oxygens (including phenoxy) is 1. The zero-order valence-corrected chi connectivity index (χ0v) is 8.53. The minimum atomic E-state index is -3.80. The van der Waals surface area contributed by atoms with Crippen LogP contribution in [0.2, 0.25) is 0 Å². The van der Waals surface area contributed by atoms with E-state index in [0.717, 1.165) is 0 Å². The zero-order chi connectivity index (χ0) is 11.3. The maximum atomic E-state index is 11.0. The molecule has 0 aliphatic carbocycles. The van der Waals surface area contributed by atoms with Gasteiger partial charge in [0.05, 0.1) is 0 Å². The first-order chi connectivity index (χ1) is 7.03. The lowest BCUT2D eigenvalue weighted by Crippen LogP contribution is -2.31. The molecule has 0 saturated carbocycles. The third kappa shape index (κ3) is 3.82. The highest BCUT2D eigenvalue weighted by atomic mass is 32.2. The standard InChI is InChI=1S/C9H9NO4S/c1-2-15(12,13)10-9(11)14-8-6-4-3-5-7-8/h2-7H,1H2,(H,10,11). The van der Waals surface area contributed by atoms with Crippen LogP contribution in [0.5, 0.6) is 5.75 Å². The van der Waals surface area contributed by atoms with Crippen molar-refractivity contribution in [2.24, 2.45) is 0 Å². The minimum absolute atomic E-state index is 0.259. The third-order valence-corrected chi connectivity index (χ3v) is 2.29. The summed E-state index contributed by atoms with van der Waals surface area (Å²) in [5, 5.41) is 0.624. The monoisotopic (exact) mass is 227 g/mol. The summed E-state index contributed by atoms with van der Waals surface area (Å²) in [6.07, 6.45) is -1.07. The molecule has 80 valence electrons. The molecule has 0 bridgehead atoms. The topological polar surface area (TPSA) is 72.5 Å². The summed E-state index contributed by atoms with van der Waals surface area (Å²) in [7, 11) is -3.80. The summed E-state index contributed by atoms with van der Waals surface area (Å²) >= 11 is 0. The summed E-state index contributed by atoms with van der Waals surface area (Å²) in [4.78, 5) is 11.0. The van der Waals surface area contributed by atoms with Gasteiger partial charge in [-0.05, 0) is 12.1 Å². The van der Waals surface area contributed by atoms with E-state index < -0.39 is 16.1 Å². The molecule has 0 fully saturated rings. The van der Waals surface area contributed by atoms with Crippen LogP contribution in [0.4, 0.5) is 4.79 Å². The quantitative estimate of drug-likeness (QED) is 0.843. The number of hydrogen-bond donors (Lipinski definition) is 1. The van der Waals surface area contributed by atoms with Crippen molar-refractivity contribution in [1.29, 1.82) is 0 Å². The Morgan fingerprint density at radius 2 is 1.93 bits per heavy atom. The second kappa shape index (κ2) is 4.61. The van der Waals surface area contributed by atoms with Crippen LogP contribution in [0.3, 0.4) is 0 Å². The first-order valence-electron chi connectivity index (χ1n) is 3.95. The van der Waals surface area contributed by atoms with Gasteiger partial charge in [0.25, 0.3) is 10.0 Å². The first kappa shape index (κ1) is 11.3. The highest BCUT2D eigenvalue weighted by Gasteiger charge is 2.11. The normalized spacial score (nSPS) is 10.4. The van der Waals surface area contributed by atoms with Crippen molar-refractivity contribution in [2.45, 2.75) is 0 Å². The molecule has 0 aliphatic rings. The van der Waals surface area contributed by atoms with Crippen LogP contribution in [0.15, 0.2) is 42.3 Å². The van der Waals surface area contributed by atoms with Crippen molar-refractivity contribution in [3.8, 4) is 5.75 Å². The fraction of sp³-hybridized carbons (Fsp3) is 0. The Bertz CT molecular complexity index is 452. The average molecular weight is 227 g/mol. The number of hydrogen-bond acceptors (Lipinski definition) is 4. The molecule has 1 rings (SSSR count). The number of carbonyl (C=O) groups excluding carboxylic acids is 1. The van der Waals surface area contributed by atoms with Gasteiger partial charge in [-0.15, -0.1) is 0 Å². The molecule has 1 aromatic rings. The fourth-order valence-corrected chi connectivity index (χ4v) is 1.13. The molecular formula is C9H9NO4S. The van der Waals surface area contributed by atoms with E-state index in [0.29, 0.717) is 5.41 Å². The van der Waals surface area contributed by atoms with Crippen molar-refractivity contribution in [2.75, 3.05) is 0 Å². The van der Waals surface area contributed by atoms with E-state index >= 15 is 0 Å². The molecule has 0 aliphatic heterocycles. The molecule has 0 spiro atoms. The molecule has 0 atom stereocenters. The summed E-state index contributed by atoms with van der Waals surface area (Å²) in [5.74, 6) is 0.259. The molecule has 6 heteroatoms. The van der Waals surface area contributed by atoms with Gasteiger partial charge in [-0.2, -0.15) is 0 Å². The first-order valence-corrected chi connectivity index (χ1v) is 5.50. The Kier molecular flexibility index (Phi) is 3.46. The maximum absolute atomic E-state index is 11.0. The number of carbonyl (C=O) groups is 1. The van der Waals surface area contributed by atoms with Crippen molar-refractivity contribution < 1.29 is 17.9 Å². The third-order valence-electron chi connectivity index (χ3n) is 1.40. The maximum Gasteiger partial charge on any atom is 0.426 e. The number of sulfonamides is 1. The van der Waals surface area contributed by atoms with Crippen molar-refractivity contribution in [3.63, 3.8) is 0 Å². The molecule has 1 N–H and O–H groups in total. The summed E-state index contributed by atoms with van der Waals surface area (Å²) in [6.45, 7) is 3.03. The van der Waals surface area contributed by atoms with Crippen LogP contribution in [-0.4, -0.2) is 14.5 Å². The number of amides is 1. The predicted molar refractivity (Wildman–Crippen MR) is 54.7 cm³/mol. The van der Waals surface area contributed by atoms with Crippen LogP contribution in [0.25, 0.3) is 0 Å². The van der Waals surface area contributed by atoms with Gasteiger partial charge in [0, 0.05) is 5.41 Å². The van der Waals surface area contributed by atoms with Crippen LogP contribution >= 0.6 is 0 Å². The van der Waals surface area contributed by atoms with E-state index in [4.69, 9.17) is 0 Å². The van der Waals surface area contributed by atoms with E-state index in [1.807, 2.05) is 0 Å². The van der Waals surface area contributed by atoms with Crippen LogP contribution in [0.1, 0.15) is 0 Å². The number of rotatable bonds is 3. The van der Waals surface area contributed by atoms with Crippen LogP contribution < -0.4 is 9.46 Å². The van der Waals surface area contributed by atoms with Gasteiger partial charge in [0.1, 0.15) is 5.75 Å². The van der Waals surface area contributed by atoms with Gasteiger partial charge in [-0.25, -0.2) is 17.9 Å². The Morgan fingerprint density at radius 1 is 1.33 bits per heavy atom. The zero-order valence-electron chi connectivity index (χ0n) is 7.71. The van der Waals surface area contributed by atoms with Gasteiger partial charge in [-0.3, -0.25) is 0 Å². The molecule has 1 amide bonds. The van der Waals surface area contributed by atoms with Crippen LogP contribution in [-0.2, 0) is 10.0 Å². The van der Waals surface area contributed by atoms with Crippen molar-refractivity contribution in [1.82, 2.24) is 4.72 Å². The molecule has 0 unspecified atom stereocenters. The van der Waals surface area contributed by atoms with Gasteiger partial charge >= 0.3 is 6.09 Å². The lowest BCUT2D eigenvalue weighted by atomic mass is 10.3. The molecule has 15 heavy (non-hydrogen) atoms. The smallest absolute Gasteiger partial charge is 0.410 e. The van der Waals surface area contributed by atoms with E-state index in [-0.39, 0.29) is 5.75 Å².